The molecule has 3 aromatic rings. The molecule has 0 radical (unpaired) electrons. The Bertz CT molecular complexity index is 807. The van der Waals surface area contributed by atoms with Crippen molar-refractivity contribution in [3.63, 3.8) is 0 Å². The summed E-state index contributed by atoms with van der Waals surface area (Å²) in [6.07, 6.45) is 2.60. The summed E-state index contributed by atoms with van der Waals surface area (Å²) in [6, 6.07) is 11.8. The smallest absolute Gasteiger partial charge is 0.261 e. The van der Waals surface area contributed by atoms with Gasteiger partial charge >= 0.3 is 0 Å². The Labute approximate surface area is 139 Å². The van der Waals surface area contributed by atoms with E-state index in [1.165, 1.54) is 10.4 Å². The van der Waals surface area contributed by atoms with Crippen LogP contribution in [0, 0.1) is 6.92 Å². The van der Waals surface area contributed by atoms with Crippen molar-refractivity contribution in [2.24, 2.45) is 0 Å². The van der Waals surface area contributed by atoms with Crippen molar-refractivity contribution >= 4 is 17.2 Å². The number of aryl methyl sites for hydroxylation is 2. The van der Waals surface area contributed by atoms with E-state index in [2.05, 4.69) is 22.4 Å². The van der Waals surface area contributed by atoms with E-state index in [0.717, 1.165) is 17.0 Å². The molecule has 1 N–H and O–H groups in total. The topological polar surface area (TPSA) is 59.8 Å². The van der Waals surface area contributed by atoms with Gasteiger partial charge in [0.1, 0.15) is 6.33 Å². The second-order valence-corrected chi connectivity index (χ2v) is 6.34. The number of hydrogen-bond acceptors (Lipinski definition) is 4. The zero-order valence-corrected chi connectivity index (χ0v) is 13.9. The van der Waals surface area contributed by atoms with Crippen molar-refractivity contribution in [3.05, 3.63) is 63.9 Å². The van der Waals surface area contributed by atoms with E-state index in [1.54, 1.807) is 17.7 Å². The van der Waals surface area contributed by atoms with Gasteiger partial charge in [-0.1, -0.05) is 25.1 Å². The third kappa shape index (κ3) is 3.32. The van der Waals surface area contributed by atoms with Gasteiger partial charge in [-0.3, -0.25) is 9.36 Å². The number of carbonyl (C=O) groups excluding carboxylic acids is 1. The van der Waals surface area contributed by atoms with Crippen LogP contribution in [-0.4, -0.2) is 20.7 Å². The SMILES string of the molecule is CCc1sc(C(=O)NCc2nncn2-c2ccccc2)cc1C. The van der Waals surface area contributed by atoms with E-state index in [1.807, 2.05) is 47.9 Å². The summed E-state index contributed by atoms with van der Waals surface area (Å²) in [5.74, 6) is 0.633. The first-order valence-corrected chi connectivity index (χ1v) is 8.32. The zero-order valence-electron chi connectivity index (χ0n) is 13.1. The maximum absolute atomic E-state index is 12.3. The minimum atomic E-state index is -0.0691. The Balaban J connectivity index is 1.71. The molecule has 118 valence electrons. The number of carbonyl (C=O) groups is 1. The molecule has 0 unspecified atom stereocenters. The van der Waals surface area contributed by atoms with Crippen molar-refractivity contribution < 1.29 is 4.79 Å². The molecule has 3 rings (SSSR count). The minimum Gasteiger partial charge on any atom is -0.344 e. The van der Waals surface area contributed by atoms with Crippen LogP contribution < -0.4 is 5.32 Å². The average Bonchev–Trinajstić information content (AvgIpc) is 3.19. The normalized spacial score (nSPS) is 10.7. The van der Waals surface area contributed by atoms with Crippen LogP contribution in [0.3, 0.4) is 0 Å². The lowest BCUT2D eigenvalue weighted by molar-refractivity contribution is 0.0953. The first kappa shape index (κ1) is 15.4. The lowest BCUT2D eigenvalue weighted by Gasteiger charge is -2.07. The number of nitrogens with zero attached hydrogens (tertiary/aromatic N) is 3. The standard InChI is InChI=1S/C17H18N4OS/c1-3-14-12(2)9-15(23-14)17(22)18-10-16-20-19-11-21(16)13-7-5-4-6-8-13/h4-9,11H,3,10H2,1-2H3,(H,18,22). The molecule has 0 fully saturated rings. The van der Waals surface area contributed by atoms with Gasteiger partial charge in [0.2, 0.25) is 0 Å². The maximum atomic E-state index is 12.3. The molecule has 0 saturated carbocycles. The van der Waals surface area contributed by atoms with Crippen LogP contribution in [0.15, 0.2) is 42.7 Å². The molecule has 5 nitrogen and oxygen atoms in total. The Morgan fingerprint density at radius 3 is 2.78 bits per heavy atom. The number of rotatable bonds is 5. The second kappa shape index (κ2) is 6.75. The van der Waals surface area contributed by atoms with Crippen LogP contribution in [0.25, 0.3) is 5.69 Å². The molecule has 0 saturated heterocycles. The highest BCUT2D eigenvalue weighted by Crippen LogP contribution is 2.22. The van der Waals surface area contributed by atoms with Crippen LogP contribution >= 0.6 is 11.3 Å². The van der Waals surface area contributed by atoms with Gasteiger partial charge in [0.25, 0.3) is 5.91 Å². The molecule has 1 aromatic carbocycles. The fourth-order valence-corrected chi connectivity index (χ4v) is 3.44. The third-order valence-corrected chi connectivity index (χ3v) is 5.01. The second-order valence-electron chi connectivity index (χ2n) is 5.21. The number of aromatic nitrogens is 3. The number of para-hydroxylation sites is 1. The summed E-state index contributed by atoms with van der Waals surface area (Å²) < 4.78 is 1.87. The largest absolute Gasteiger partial charge is 0.344 e. The Kier molecular flexibility index (Phi) is 4.52. The van der Waals surface area contributed by atoms with E-state index in [9.17, 15) is 4.79 Å². The molecule has 2 heterocycles. The fourth-order valence-electron chi connectivity index (χ4n) is 2.41. The van der Waals surface area contributed by atoms with Crippen LogP contribution in [0.4, 0.5) is 0 Å². The summed E-state index contributed by atoms with van der Waals surface area (Å²) in [5.41, 5.74) is 2.15. The Morgan fingerprint density at radius 2 is 2.09 bits per heavy atom. The number of amides is 1. The van der Waals surface area contributed by atoms with Crippen LogP contribution in [0.1, 0.15) is 32.9 Å². The Morgan fingerprint density at radius 1 is 1.30 bits per heavy atom. The van der Waals surface area contributed by atoms with Crippen LogP contribution in [0.2, 0.25) is 0 Å². The van der Waals surface area contributed by atoms with E-state index < -0.39 is 0 Å². The predicted octanol–water partition coefficient (Wildman–Crippen LogP) is 3.13. The lowest BCUT2D eigenvalue weighted by atomic mass is 10.2. The number of thiophene rings is 1. The molecule has 6 heteroatoms. The van der Waals surface area contributed by atoms with Crippen molar-refractivity contribution in [1.29, 1.82) is 0 Å². The molecule has 0 aliphatic heterocycles. The number of benzene rings is 1. The zero-order chi connectivity index (χ0) is 16.2. The van der Waals surface area contributed by atoms with E-state index in [-0.39, 0.29) is 5.91 Å². The third-order valence-electron chi connectivity index (χ3n) is 3.63. The predicted molar refractivity (Wildman–Crippen MR) is 91.0 cm³/mol. The highest BCUT2D eigenvalue weighted by Gasteiger charge is 2.13. The van der Waals surface area contributed by atoms with Gasteiger partial charge < -0.3 is 5.32 Å². The van der Waals surface area contributed by atoms with Crippen molar-refractivity contribution in [2.45, 2.75) is 26.8 Å². The molecule has 23 heavy (non-hydrogen) atoms. The molecule has 0 spiro atoms. The molecule has 0 bridgehead atoms. The van der Waals surface area contributed by atoms with Crippen LogP contribution in [-0.2, 0) is 13.0 Å². The Hall–Kier alpha value is -2.47. The van der Waals surface area contributed by atoms with Crippen molar-refractivity contribution in [2.75, 3.05) is 0 Å². The highest BCUT2D eigenvalue weighted by atomic mass is 32.1. The summed E-state index contributed by atoms with van der Waals surface area (Å²) in [7, 11) is 0. The number of hydrogen-bond donors (Lipinski definition) is 1. The summed E-state index contributed by atoms with van der Waals surface area (Å²) >= 11 is 1.55. The number of nitrogens with one attached hydrogen (secondary N) is 1. The van der Waals surface area contributed by atoms with Gasteiger partial charge in [0.05, 0.1) is 11.4 Å². The fraction of sp³-hybridized carbons (Fsp3) is 0.235. The van der Waals surface area contributed by atoms with Gasteiger partial charge in [-0.05, 0) is 37.1 Å². The molecular weight excluding hydrogens is 308 g/mol. The molecule has 0 aliphatic rings. The molecular formula is C17H18N4OS. The summed E-state index contributed by atoms with van der Waals surface area (Å²) in [5, 5.41) is 11.0. The lowest BCUT2D eigenvalue weighted by Crippen LogP contribution is -2.23. The average molecular weight is 326 g/mol. The summed E-state index contributed by atoms with van der Waals surface area (Å²) in [6.45, 7) is 4.48. The first-order valence-electron chi connectivity index (χ1n) is 7.51. The highest BCUT2D eigenvalue weighted by molar-refractivity contribution is 7.14. The first-order chi connectivity index (χ1) is 11.2. The van der Waals surface area contributed by atoms with E-state index >= 15 is 0 Å². The molecule has 2 aromatic heterocycles. The van der Waals surface area contributed by atoms with Gasteiger partial charge in [-0.25, -0.2) is 0 Å². The van der Waals surface area contributed by atoms with E-state index in [0.29, 0.717) is 12.4 Å². The van der Waals surface area contributed by atoms with Gasteiger partial charge in [-0.15, -0.1) is 21.5 Å². The van der Waals surface area contributed by atoms with Crippen LogP contribution in [0.5, 0.6) is 0 Å². The van der Waals surface area contributed by atoms with Gasteiger partial charge in [0, 0.05) is 10.6 Å². The minimum absolute atomic E-state index is 0.0691. The van der Waals surface area contributed by atoms with Gasteiger partial charge in [0.15, 0.2) is 5.82 Å². The quantitative estimate of drug-likeness (QED) is 0.783. The van der Waals surface area contributed by atoms with Gasteiger partial charge in [-0.2, -0.15) is 0 Å². The monoisotopic (exact) mass is 326 g/mol. The molecule has 1 amide bonds. The maximum Gasteiger partial charge on any atom is 0.261 e. The molecule has 0 aliphatic carbocycles. The molecule has 0 atom stereocenters. The van der Waals surface area contributed by atoms with E-state index in [4.69, 9.17) is 0 Å². The van der Waals surface area contributed by atoms with Crippen molar-refractivity contribution in [1.82, 2.24) is 20.1 Å². The van der Waals surface area contributed by atoms with Crippen molar-refractivity contribution in [3.8, 4) is 5.69 Å². The summed E-state index contributed by atoms with van der Waals surface area (Å²) in [4.78, 5) is 14.3.